The molecule has 0 aliphatic carbocycles. The molecule has 2 rings (SSSR count). The lowest BCUT2D eigenvalue weighted by atomic mass is 10.2. The molecule has 0 saturated carbocycles. The smallest absolute Gasteiger partial charge is 0.305 e. The molecule has 1 aliphatic heterocycles. The van der Waals surface area contributed by atoms with Crippen molar-refractivity contribution < 1.29 is 9.90 Å². The van der Waals surface area contributed by atoms with Crippen LogP contribution < -0.4 is 9.80 Å². The number of carbonyl (C=O) groups is 1. The van der Waals surface area contributed by atoms with Crippen molar-refractivity contribution >= 4 is 17.3 Å². The number of hydrogen-bond acceptors (Lipinski definition) is 3. The summed E-state index contributed by atoms with van der Waals surface area (Å²) in [7, 11) is 0. The summed E-state index contributed by atoms with van der Waals surface area (Å²) in [5.74, 6) is 1.78. The lowest BCUT2D eigenvalue weighted by Gasteiger charge is -2.23. The third-order valence-corrected chi connectivity index (χ3v) is 3.56. The first-order valence-corrected chi connectivity index (χ1v) is 6.96. The van der Waals surface area contributed by atoms with E-state index < -0.39 is 5.97 Å². The maximum Gasteiger partial charge on any atom is 0.305 e. The number of hydrogen-bond donors (Lipinski definition) is 1. The minimum absolute atomic E-state index is 0.0928. The summed E-state index contributed by atoms with van der Waals surface area (Å²) in [6.07, 6.45) is 7.96. The van der Waals surface area contributed by atoms with E-state index in [0.29, 0.717) is 13.1 Å². The van der Waals surface area contributed by atoms with Gasteiger partial charge in [0.15, 0.2) is 0 Å². The molecule has 1 heterocycles. The highest BCUT2D eigenvalue weighted by molar-refractivity contribution is 5.68. The van der Waals surface area contributed by atoms with Crippen molar-refractivity contribution in [3.8, 4) is 12.3 Å². The van der Waals surface area contributed by atoms with Crippen molar-refractivity contribution in [3.05, 3.63) is 24.3 Å². The SMILES string of the molecule is C#CCN(CCC(=O)O)c1ccc(N2CCCC2)cc1. The second-order valence-corrected chi connectivity index (χ2v) is 4.98. The Bertz CT molecular complexity index is 484. The normalized spacial score (nSPS) is 14.1. The Morgan fingerprint density at radius 3 is 2.50 bits per heavy atom. The lowest BCUT2D eigenvalue weighted by molar-refractivity contribution is -0.136. The summed E-state index contributed by atoms with van der Waals surface area (Å²) in [5.41, 5.74) is 2.21. The number of aliphatic carboxylic acids is 1. The average Bonchev–Trinajstić information content (AvgIpc) is 2.97. The molecule has 0 aromatic heterocycles. The van der Waals surface area contributed by atoms with Crippen LogP contribution in [-0.4, -0.2) is 37.3 Å². The largest absolute Gasteiger partial charge is 0.481 e. The third-order valence-electron chi connectivity index (χ3n) is 3.56. The van der Waals surface area contributed by atoms with Crippen LogP contribution in [0.2, 0.25) is 0 Å². The highest BCUT2D eigenvalue weighted by Crippen LogP contribution is 2.23. The van der Waals surface area contributed by atoms with Crippen molar-refractivity contribution in [1.82, 2.24) is 0 Å². The first-order valence-electron chi connectivity index (χ1n) is 6.96. The maximum atomic E-state index is 10.7. The molecular formula is C16H20N2O2. The summed E-state index contributed by atoms with van der Waals surface area (Å²) in [4.78, 5) is 15.0. The number of nitrogens with zero attached hydrogens (tertiary/aromatic N) is 2. The second kappa shape index (κ2) is 6.85. The summed E-state index contributed by atoms with van der Waals surface area (Å²) in [5, 5.41) is 8.78. The van der Waals surface area contributed by atoms with E-state index in [4.69, 9.17) is 11.5 Å². The van der Waals surface area contributed by atoms with E-state index >= 15 is 0 Å². The molecule has 0 radical (unpaired) electrons. The quantitative estimate of drug-likeness (QED) is 0.806. The lowest BCUT2D eigenvalue weighted by Crippen LogP contribution is -2.26. The minimum Gasteiger partial charge on any atom is -0.481 e. The molecule has 0 atom stereocenters. The number of carboxylic acid groups (broad SMARTS) is 1. The van der Waals surface area contributed by atoms with Gasteiger partial charge in [0.2, 0.25) is 0 Å². The predicted molar refractivity (Wildman–Crippen MR) is 81.2 cm³/mol. The molecule has 106 valence electrons. The van der Waals surface area contributed by atoms with Crippen LogP contribution in [0.3, 0.4) is 0 Å². The second-order valence-electron chi connectivity index (χ2n) is 4.98. The van der Waals surface area contributed by atoms with Crippen molar-refractivity contribution in [3.63, 3.8) is 0 Å². The number of terminal acetylenes is 1. The van der Waals surface area contributed by atoms with Gasteiger partial charge < -0.3 is 14.9 Å². The van der Waals surface area contributed by atoms with E-state index in [1.807, 2.05) is 17.0 Å². The molecule has 1 aromatic rings. The molecule has 0 spiro atoms. The van der Waals surface area contributed by atoms with Gasteiger partial charge in [0.05, 0.1) is 13.0 Å². The third kappa shape index (κ3) is 3.67. The maximum absolute atomic E-state index is 10.7. The summed E-state index contributed by atoms with van der Waals surface area (Å²) < 4.78 is 0. The van der Waals surface area contributed by atoms with E-state index in [-0.39, 0.29) is 6.42 Å². The van der Waals surface area contributed by atoms with E-state index in [1.165, 1.54) is 18.5 Å². The fraction of sp³-hybridized carbons (Fsp3) is 0.438. The minimum atomic E-state index is -0.805. The molecule has 4 nitrogen and oxygen atoms in total. The van der Waals surface area contributed by atoms with Gasteiger partial charge in [-0.25, -0.2) is 0 Å². The van der Waals surface area contributed by atoms with E-state index in [0.717, 1.165) is 18.8 Å². The van der Waals surface area contributed by atoms with Crippen molar-refractivity contribution in [2.45, 2.75) is 19.3 Å². The molecule has 1 saturated heterocycles. The molecule has 1 aromatic carbocycles. The Balaban J connectivity index is 2.04. The number of carboxylic acids is 1. The van der Waals surface area contributed by atoms with Crippen molar-refractivity contribution in [2.75, 3.05) is 36.0 Å². The zero-order valence-corrected chi connectivity index (χ0v) is 11.6. The monoisotopic (exact) mass is 272 g/mol. The molecule has 20 heavy (non-hydrogen) atoms. The molecule has 1 aliphatic rings. The van der Waals surface area contributed by atoms with Gasteiger partial charge in [0, 0.05) is 31.0 Å². The van der Waals surface area contributed by atoms with Gasteiger partial charge in [-0.1, -0.05) is 5.92 Å². The molecule has 1 N–H and O–H groups in total. The van der Waals surface area contributed by atoms with Crippen LogP contribution in [0.25, 0.3) is 0 Å². The molecule has 0 unspecified atom stereocenters. The number of anilines is 2. The standard InChI is InChI=1S/C16H20N2O2/c1-2-10-17(13-9-16(19)20)14-5-7-15(8-6-14)18-11-3-4-12-18/h1,5-8H,3-4,9-13H2,(H,19,20). The van der Waals surface area contributed by atoms with Crippen LogP contribution in [0, 0.1) is 12.3 Å². The molecule has 1 fully saturated rings. The van der Waals surface area contributed by atoms with Crippen molar-refractivity contribution in [1.29, 1.82) is 0 Å². The first kappa shape index (κ1) is 14.3. The molecular weight excluding hydrogens is 252 g/mol. The zero-order valence-electron chi connectivity index (χ0n) is 11.6. The number of rotatable bonds is 6. The van der Waals surface area contributed by atoms with Crippen LogP contribution in [0.4, 0.5) is 11.4 Å². The molecule has 0 amide bonds. The van der Waals surface area contributed by atoms with Gasteiger partial charge in [0.25, 0.3) is 0 Å². The summed E-state index contributed by atoms with van der Waals surface area (Å²) in [6.45, 7) is 3.10. The van der Waals surface area contributed by atoms with Crippen molar-refractivity contribution in [2.24, 2.45) is 0 Å². The van der Waals surface area contributed by atoms with Gasteiger partial charge in [0.1, 0.15) is 0 Å². The first-order chi connectivity index (χ1) is 9.70. The molecule has 4 heteroatoms. The predicted octanol–water partition coefficient (Wildman–Crippen LogP) is 2.20. The van der Waals surface area contributed by atoms with E-state index in [1.54, 1.807) is 0 Å². The van der Waals surface area contributed by atoms with Crippen LogP contribution in [0.5, 0.6) is 0 Å². The van der Waals surface area contributed by atoms with Gasteiger partial charge in [-0.2, -0.15) is 0 Å². The Labute approximate surface area is 120 Å². The van der Waals surface area contributed by atoms with E-state index in [2.05, 4.69) is 23.0 Å². The van der Waals surface area contributed by atoms with Crippen LogP contribution in [0.1, 0.15) is 19.3 Å². The summed E-state index contributed by atoms with van der Waals surface area (Å²) >= 11 is 0. The van der Waals surface area contributed by atoms with Gasteiger partial charge in [-0.3, -0.25) is 4.79 Å². The topological polar surface area (TPSA) is 43.8 Å². The fourth-order valence-corrected chi connectivity index (χ4v) is 2.49. The fourth-order valence-electron chi connectivity index (χ4n) is 2.49. The number of benzene rings is 1. The van der Waals surface area contributed by atoms with Gasteiger partial charge in [-0.05, 0) is 37.1 Å². The van der Waals surface area contributed by atoms with Gasteiger partial charge >= 0.3 is 5.97 Å². The van der Waals surface area contributed by atoms with Crippen LogP contribution in [-0.2, 0) is 4.79 Å². The van der Waals surface area contributed by atoms with Crippen LogP contribution in [0.15, 0.2) is 24.3 Å². The summed E-state index contributed by atoms with van der Waals surface area (Å²) in [6, 6.07) is 8.22. The Morgan fingerprint density at radius 2 is 1.95 bits per heavy atom. The highest BCUT2D eigenvalue weighted by atomic mass is 16.4. The highest BCUT2D eigenvalue weighted by Gasteiger charge is 2.13. The Morgan fingerprint density at radius 1 is 1.30 bits per heavy atom. The zero-order chi connectivity index (χ0) is 14.4. The average molecular weight is 272 g/mol. The van der Waals surface area contributed by atoms with Gasteiger partial charge in [-0.15, -0.1) is 6.42 Å². The van der Waals surface area contributed by atoms with E-state index in [9.17, 15) is 4.79 Å². The Kier molecular flexibility index (Phi) is 4.89. The molecule has 0 bridgehead atoms. The van der Waals surface area contributed by atoms with Crippen LogP contribution >= 0.6 is 0 Å². The Hall–Kier alpha value is -2.15.